The molecule has 1 saturated carbocycles. The van der Waals surface area contributed by atoms with Crippen LogP contribution in [0.3, 0.4) is 0 Å². The topological polar surface area (TPSA) is 98.3 Å². The number of aliphatic carboxylic acids is 1. The van der Waals surface area contributed by atoms with Crippen LogP contribution >= 0.6 is 0 Å². The predicted octanol–water partition coefficient (Wildman–Crippen LogP) is 3.35. The van der Waals surface area contributed by atoms with Gasteiger partial charge in [0.05, 0.1) is 6.42 Å². The number of pyridine rings is 1. The van der Waals surface area contributed by atoms with Crippen molar-refractivity contribution in [2.24, 2.45) is 0 Å². The number of aryl methyl sites for hydroxylation is 1. The molecule has 3 rings (SSSR count). The lowest BCUT2D eigenvalue weighted by molar-refractivity contribution is -0.132. The molecule has 0 atom stereocenters. The molecule has 1 fully saturated rings. The summed E-state index contributed by atoms with van der Waals surface area (Å²) in [5.41, 5.74) is 1.17. The Morgan fingerprint density at radius 3 is 2.72 bits per heavy atom. The number of hydrogen-bond donors (Lipinski definition) is 1. The third kappa shape index (κ3) is 6.37. The summed E-state index contributed by atoms with van der Waals surface area (Å²) in [6.07, 6.45) is 9.85. The van der Waals surface area contributed by atoms with E-state index in [4.69, 9.17) is 9.84 Å². The molecule has 2 heterocycles. The van der Waals surface area contributed by atoms with Crippen LogP contribution in [0.2, 0.25) is 0 Å². The predicted molar refractivity (Wildman–Crippen MR) is 91.3 cm³/mol. The maximum atomic E-state index is 10.2. The van der Waals surface area contributed by atoms with Crippen molar-refractivity contribution in [1.29, 1.82) is 0 Å². The molecule has 2 aromatic heterocycles. The maximum Gasteiger partial charge on any atom is 0.331 e. The van der Waals surface area contributed by atoms with Crippen LogP contribution in [-0.4, -0.2) is 32.3 Å². The number of ether oxygens (including phenoxy) is 1. The second kappa shape index (κ2) is 9.56. The Labute approximate surface area is 146 Å². The van der Waals surface area contributed by atoms with E-state index in [1.54, 1.807) is 6.20 Å². The molecule has 7 nitrogen and oxygen atoms in total. The van der Waals surface area contributed by atoms with Gasteiger partial charge < -0.3 is 14.4 Å². The van der Waals surface area contributed by atoms with Gasteiger partial charge >= 0.3 is 5.97 Å². The first-order chi connectivity index (χ1) is 12.1. The highest BCUT2D eigenvalue weighted by atomic mass is 16.5. The highest BCUT2D eigenvalue weighted by molar-refractivity contribution is 5.86. The van der Waals surface area contributed by atoms with Crippen LogP contribution in [0.4, 0.5) is 0 Å². The van der Waals surface area contributed by atoms with Crippen molar-refractivity contribution in [1.82, 2.24) is 15.1 Å². The van der Waals surface area contributed by atoms with E-state index in [2.05, 4.69) is 26.2 Å². The zero-order valence-electron chi connectivity index (χ0n) is 14.4. The fourth-order valence-electron chi connectivity index (χ4n) is 2.47. The van der Waals surface area contributed by atoms with Crippen molar-refractivity contribution in [3.8, 4) is 5.88 Å². The van der Waals surface area contributed by atoms with Crippen molar-refractivity contribution < 1.29 is 19.2 Å². The van der Waals surface area contributed by atoms with Crippen molar-refractivity contribution in [2.45, 2.75) is 51.6 Å². The zero-order valence-corrected chi connectivity index (χ0v) is 14.4. The molecular weight excluding hydrogens is 322 g/mol. The first kappa shape index (κ1) is 18.6. The normalized spacial score (nSPS) is 14.3. The van der Waals surface area contributed by atoms with Crippen LogP contribution in [0.5, 0.6) is 5.88 Å². The van der Waals surface area contributed by atoms with Gasteiger partial charge in [-0.15, -0.1) is 0 Å². The summed E-state index contributed by atoms with van der Waals surface area (Å²) in [5.74, 6) is 0.0278. The minimum Gasteiger partial charge on any atom is -0.478 e. The molecular formula is C18H23N3O4. The summed E-state index contributed by atoms with van der Waals surface area (Å²) >= 11 is 0. The lowest BCUT2D eigenvalue weighted by atomic mass is 9.98. The van der Waals surface area contributed by atoms with Gasteiger partial charge in [-0.1, -0.05) is 24.2 Å². The average molecular weight is 345 g/mol. The van der Waals surface area contributed by atoms with E-state index in [1.165, 1.54) is 38.4 Å². The molecule has 0 bridgehead atoms. The number of carbonyl (C=O) groups is 1. The van der Waals surface area contributed by atoms with Gasteiger partial charge in [-0.25, -0.2) is 9.78 Å². The van der Waals surface area contributed by atoms with Gasteiger partial charge in [-0.2, -0.15) is 4.98 Å². The molecule has 7 heteroatoms. The lowest BCUT2D eigenvalue weighted by Crippen LogP contribution is -2.20. The van der Waals surface area contributed by atoms with Gasteiger partial charge in [0.2, 0.25) is 11.8 Å². The van der Waals surface area contributed by atoms with E-state index in [0.717, 1.165) is 11.4 Å². The fraction of sp³-hybridized carbons (Fsp3) is 0.444. The van der Waals surface area contributed by atoms with Crippen LogP contribution in [0.15, 0.2) is 41.3 Å². The Kier molecular flexibility index (Phi) is 7.13. The molecule has 25 heavy (non-hydrogen) atoms. The van der Waals surface area contributed by atoms with Crippen molar-refractivity contribution in [3.63, 3.8) is 0 Å². The Morgan fingerprint density at radius 1 is 1.36 bits per heavy atom. The first-order valence-corrected chi connectivity index (χ1v) is 8.31. The van der Waals surface area contributed by atoms with E-state index in [1.807, 2.05) is 19.1 Å². The minimum atomic E-state index is -1.05. The van der Waals surface area contributed by atoms with Gasteiger partial charge in [-0.05, 0) is 38.7 Å². The molecule has 0 saturated heterocycles. The van der Waals surface area contributed by atoms with E-state index >= 15 is 0 Å². The van der Waals surface area contributed by atoms with Gasteiger partial charge in [0, 0.05) is 17.3 Å². The van der Waals surface area contributed by atoms with Crippen LogP contribution in [0, 0.1) is 6.92 Å². The van der Waals surface area contributed by atoms with Crippen LogP contribution < -0.4 is 4.74 Å². The third-order valence-corrected chi connectivity index (χ3v) is 3.87. The molecule has 134 valence electrons. The number of hydrogen-bond acceptors (Lipinski definition) is 6. The zero-order chi connectivity index (χ0) is 18.1. The van der Waals surface area contributed by atoms with E-state index < -0.39 is 5.97 Å². The quantitative estimate of drug-likeness (QED) is 0.830. The average Bonchev–Trinajstić information content (AvgIpc) is 3.11. The Bertz CT molecular complexity index is 679. The standard InChI is InChI=1S/C12H17NO.C6H6N2O3/c1-10-6-5-9-13-12(10)14-11-7-3-2-4-8-11;1-4(6(9)10)2-5-7-3-8-11-5/h5-6,9,11H,2-4,7-8H2,1H3;3H,1-2H2,(H,9,10). The monoisotopic (exact) mass is 345 g/mol. The molecule has 0 aromatic carbocycles. The van der Waals surface area contributed by atoms with E-state index in [9.17, 15) is 4.79 Å². The van der Waals surface area contributed by atoms with Crippen molar-refractivity contribution in [3.05, 3.63) is 48.3 Å². The Balaban J connectivity index is 0.000000186. The summed E-state index contributed by atoms with van der Waals surface area (Å²) in [6, 6.07) is 3.99. The second-order valence-electron chi connectivity index (χ2n) is 5.92. The largest absolute Gasteiger partial charge is 0.478 e. The number of carboxylic acids is 1. The van der Waals surface area contributed by atoms with Crippen LogP contribution in [-0.2, 0) is 11.2 Å². The number of carboxylic acid groups (broad SMARTS) is 1. The summed E-state index contributed by atoms with van der Waals surface area (Å²) in [5, 5.41) is 11.7. The number of rotatable bonds is 5. The number of aromatic nitrogens is 3. The molecule has 1 N–H and O–H groups in total. The maximum absolute atomic E-state index is 10.2. The highest BCUT2D eigenvalue weighted by Gasteiger charge is 2.15. The molecule has 1 aliphatic carbocycles. The number of nitrogens with zero attached hydrogens (tertiary/aromatic N) is 3. The Morgan fingerprint density at radius 2 is 2.12 bits per heavy atom. The third-order valence-electron chi connectivity index (χ3n) is 3.87. The molecule has 0 amide bonds. The lowest BCUT2D eigenvalue weighted by Gasteiger charge is -2.22. The summed E-state index contributed by atoms with van der Waals surface area (Å²) in [6.45, 7) is 5.35. The van der Waals surface area contributed by atoms with Gasteiger partial charge in [0.25, 0.3) is 0 Å². The molecule has 0 unspecified atom stereocenters. The summed E-state index contributed by atoms with van der Waals surface area (Å²) in [4.78, 5) is 18.1. The summed E-state index contributed by atoms with van der Waals surface area (Å²) < 4.78 is 10.4. The molecule has 1 aliphatic rings. The minimum absolute atomic E-state index is 0.0363. The SMILES string of the molecule is C=C(Cc1ncno1)C(=O)O.Cc1cccnc1OC1CCCCC1. The molecule has 2 aromatic rings. The Hall–Kier alpha value is -2.70. The van der Waals surface area contributed by atoms with Gasteiger partial charge in [0.15, 0.2) is 6.33 Å². The molecule has 0 aliphatic heterocycles. The first-order valence-electron chi connectivity index (χ1n) is 8.31. The second-order valence-corrected chi connectivity index (χ2v) is 5.92. The fourth-order valence-corrected chi connectivity index (χ4v) is 2.47. The van der Waals surface area contributed by atoms with Gasteiger partial charge in [-0.3, -0.25) is 0 Å². The van der Waals surface area contributed by atoms with Gasteiger partial charge in [0.1, 0.15) is 6.10 Å². The van der Waals surface area contributed by atoms with Crippen LogP contribution in [0.1, 0.15) is 43.6 Å². The van der Waals surface area contributed by atoms with E-state index in [-0.39, 0.29) is 17.9 Å². The van der Waals surface area contributed by atoms with Crippen molar-refractivity contribution >= 4 is 5.97 Å². The van der Waals surface area contributed by atoms with Crippen LogP contribution in [0.25, 0.3) is 0 Å². The van der Waals surface area contributed by atoms with E-state index in [0.29, 0.717) is 6.10 Å². The highest BCUT2D eigenvalue weighted by Crippen LogP contribution is 2.23. The molecule has 0 spiro atoms. The van der Waals surface area contributed by atoms with Crippen molar-refractivity contribution in [2.75, 3.05) is 0 Å². The molecule has 0 radical (unpaired) electrons. The summed E-state index contributed by atoms with van der Waals surface area (Å²) in [7, 11) is 0. The smallest absolute Gasteiger partial charge is 0.331 e.